The molecule has 1 saturated carbocycles. The standard InChI is InChI=1S/C26H27N5O3S/c1-26(2,33)24-22(17-7-8-28-12-21(17)35-24)20-9-18-19(11-29-25(27)23(18)34-20)14-10-30-31(13-14)15-3-5-16(32)6-4-15/h7-13,15-16,32-33H,3-6H2,1-2H3,(H2,27,29). The van der Waals surface area contributed by atoms with Gasteiger partial charge in [-0.15, -0.1) is 11.3 Å². The molecule has 0 spiro atoms. The van der Waals surface area contributed by atoms with E-state index in [1.54, 1.807) is 32.4 Å². The highest BCUT2D eigenvalue weighted by Crippen LogP contribution is 2.46. The SMILES string of the molecule is CC(C)(O)c1sc2cnccc2c1-c1cc2c(-c3cnn(C4CCC(O)CC4)c3)cnc(N)c2o1. The largest absolute Gasteiger partial charge is 0.452 e. The molecule has 180 valence electrons. The first-order chi connectivity index (χ1) is 16.8. The van der Waals surface area contributed by atoms with Gasteiger partial charge < -0.3 is 20.4 Å². The Kier molecular flexibility index (Phi) is 5.17. The molecule has 0 aromatic carbocycles. The molecule has 4 N–H and O–H groups in total. The van der Waals surface area contributed by atoms with Crippen molar-refractivity contribution < 1.29 is 14.6 Å². The lowest BCUT2D eigenvalue weighted by molar-refractivity contribution is 0.0830. The fourth-order valence-electron chi connectivity index (χ4n) is 5.02. The topological polar surface area (TPSA) is 123 Å². The predicted molar refractivity (Wildman–Crippen MR) is 137 cm³/mol. The maximum absolute atomic E-state index is 10.9. The molecule has 1 aliphatic rings. The molecule has 0 aliphatic heterocycles. The summed E-state index contributed by atoms with van der Waals surface area (Å²) in [5.41, 5.74) is 8.36. The molecule has 9 heteroatoms. The highest BCUT2D eigenvalue weighted by Gasteiger charge is 2.29. The first-order valence-corrected chi connectivity index (χ1v) is 12.6. The van der Waals surface area contributed by atoms with E-state index in [1.807, 2.05) is 29.2 Å². The van der Waals surface area contributed by atoms with Gasteiger partial charge in [-0.3, -0.25) is 9.67 Å². The number of thiophene rings is 1. The molecule has 0 atom stereocenters. The van der Waals surface area contributed by atoms with Gasteiger partial charge in [0, 0.05) is 57.1 Å². The lowest BCUT2D eigenvalue weighted by Crippen LogP contribution is -2.21. The summed E-state index contributed by atoms with van der Waals surface area (Å²) in [5.74, 6) is 0.943. The van der Waals surface area contributed by atoms with Crippen LogP contribution in [0.15, 0.2) is 47.5 Å². The molecule has 0 unspecified atom stereocenters. The van der Waals surface area contributed by atoms with Crippen molar-refractivity contribution >= 4 is 38.2 Å². The number of rotatable bonds is 4. The van der Waals surface area contributed by atoms with Gasteiger partial charge in [0.2, 0.25) is 0 Å². The third kappa shape index (κ3) is 3.80. The Morgan fingerprint density at radius 1 is 1.14 bits per heavy atom. The van der Waals surface area contributed by atoms with Crippen LogP contribution in [0.25, 0.3) is 43.5 Å². The molecule has 8 nitrogen and oxygen atoms in total. The minimum Gasteiger partial charge on any atom is -0.452 e. The first kappa shape index (κ1) is 22.2. The van der Waals surface area contributed by atoms with Gasteiger partial charge in [0.05, 0.1) is 28.6 Å². The molecule has 35 heavy (non-hydrogen) atoms. The predicted octanol–water partition coefficient (Wildman–Crippen LogP) is 5.25. The molecule has 6 rings (SSSR count). The summed E-state index contributed by atoms with van der Waals surface area (Å²) in [6.07, 6.45) is 12.4. The van der Waals surface area contributed by atoms with Gasteiger partial charge >= 0.3 is 0 Å². The van der Waals surface area contributed by atoms with Crippen LogP contribution in [0.1, 0.15) is 50.4 Å². The van der Waals surface area contributed by atoms with Crippen LogP contribution in [0.5, 0.6) is 0 Å². The molecule has 1 fully saturated rings. The van der Waals surface area contributed by atoms with E-state index in [1.165, 1.54) is 11.3 Å². The van der Waals surface area contributed by atoms with E-state index in [2.05, 4.69) is 15.1 Å². The van der Waals surface area contributed by atoms with E-state index in [0.717, 1.165) is 62.7 Å². The Labute approximate surface area is 206 Å². The molecule has 0 radical (unpaired) electrons. The maximum atomic E-state index is 10.9. The van der Waals surface area contributed by atoms with Crippen LogP contribution in [0.3, 0.4) is 0 Å². The van der Waals surface area contributed by atoms with Gasteiger partial charge in [-0.05, 0) is 51.7 Å². The van der Waals surface area contributed by atoms with Crippen LogP contribution in [0.4, 0.5) is 5.82 Å². The second-order valence-electron chi connectivity index (χ2n) is 9.82. The van der Waals surface area contributed by atoms with Crippen molar-refractivity contribution in [2.24, 2.45) is 0 Å². The van der Waals surface area contributed by atoms with Gasteiger partial charge in [0.1, 0.15) is 5.76 Å². The molecule has 5 heterocycles. The third-order valence-corrected chi connectivity index (χ3v) is 8.29. The number of hydrogen-bond acceptors (Lipinski definition) is 8. The average molecular weight is 490 g/mol. The van der Waals surface area contributed by atoms with E-state index in [0.29, 0.717) is 17.2 Å². The lowest BCUT2D eigenvalue weighted by atomic mass is 9.93. The fourth-order valence-corrected chi connectivity index (χ4v) is 6.20. The number of nitrogens with zero attached hydrogens (tertiary/aromatic N) is 4. The summed E-state index contributed by atoms with van der Waals surface area (Å²) in [5, 5.41) is 27.2. The van der Waals surface area contributed by atoms with Crippen LogP contribution < -0.4 is 5.73 Å². The zero-order valence-electron chi connectivity index (χ0n) is 19.6. The molecule has 0 saturated heterocycles. The monoisotopic (exact) mass is 489 g/mol. The second-order valence-corrected chi connectivity index (χ2v) is 10.9. The number of aliphatic hydroxyl groups is 2. The molecular formula is C26H27N5O3S. The van der Waals surface area contributed by atoms with Crippen molar-refractivity contribution in [1.82, 2.24) is 19.7 Å². The van der Waals surface area contributed by atoms with Crippen LogP contribution in [-0.2, 0) is 5.60 Å². The van der Waals surface area contributed by atoms with E-state index >= 15 is 0 Å². The van der Waals surface area contributed by atoms with Crippen molar-refractivity contribution in [3.63, 3.8) is 0 Å². The van der Waals surface area contributed by atoms with Crippen molar-refractivity contribution in [3.05, 3.63) is 48.0 Å². The molecule has 5 aromatic heterocycles. The normalized spacial score (nSPS) is 19.1. The zero-order chi connectivity index (χ0) is 24.3. The van der Waals surface area contributed by atoms with Gasteiger partial charge in [-0.2, -0.15) is 5.10 Å². The Morgan fingerprint density at radius 3 is 2.71 bits per heavy atom. The highest BCUT2D eigenvalue weighted by atomic mass is 32.1. The van der Waals surface area contributed by atoms with Gasteiger partial charge in [-0.25, -0.2) is 4.98 Å². The van der Waals surface area contributed by atoms with Crippen LogP contribution >= 0.6 is 11.3 Å². The number of aromatic nitrogens is 4. The van der Waals surface area contributed by atoms with Gasteiger partial charge in [0.25, 0.3) is 0 Å². The summed E-state index contributed by atoms with van der Waals surface area (Å²) in [4.78, 5) is 9.45. The number of fused-ring (bicyclic) bond motifs is 2. The quantitative estimate of drug-likeness (QED) is 0.315. The number of anilines is 1. The maximum Gasteiger partial charge on any atom is 0.177 e. The average Bonchev–Trinajstić information content (AvgIpc) is 3.56. The molecule has 0 bridgehead atoms. The molecule has 1 aliphatic carbocycles. The lowest BCUT2D eigenvalue weighted by Gasteiger charge is -2.25. The van der Waals surface area contributed by atoms with E-state index in [4.69, 9.17) is 10.2 Å². The fraction of sp³-hybridized carbons (Fsp3) is 0.346. The van der Waals surface area contributed by atoms with Crippen molar-refractivity contribution in [2.45, 2.75) is 57.3 Å². The number of hydrogen-bond donors (Lipinski definition) is 3. The summed E-state index contributed by atoms with van der Waals surface area (Å²) in [6, 6.07) is 4.20. The van der Waals surface area contributed by atoms with Crippen LogP contribution in [0, 0.1) is 0 Å². The number of nitrogens with two attached hydrogens (primary N) is 1. The molecule has 0 amide bonds. The van der Waals surface area contributed by atoms with Gasteiger partial charge in [-0.1, -0.05) is 0 Å². The Morgan fingerprint density at radius 2 is 1.94 bits per heavy atom. The summed E-state index contributed by atoms with van der Waals surface area (Å²) < 4.78 is 9.29. The van der Waals surface area contributed by atoms with E-state index in [9.17, 15) is 10.2 Å². The number of furan rings is 1. The minimum atomic E-state index is -1.06. The van der Waals surface area contributed by atoms with Gasteiger partial charge in [0.15, 0.2) is 11.4 Å². The van der Waals surface area contributed by atoms with E-state index < -0.39 is 5.60 Å². The second kappa shape index (κ2) is 8.15. The first-order valence-electron chi connectivity index (χ1n) is 11.8. The minimum absolute atomic E-state index is 0.204. The van der Waals surface area contributed by atoms with E-state index in [-0.39, 0.29) is 12.1 Å². The summed E-state index contributed by atoms with van der Waals surface area (Å²) >= 11 is 1.51. The summed E-state index contributed by atoms with van der Waals surface area (Å²) in [7, 11) is 0. The smallest absolute Gasteiger partial charge is 0.177 e. The Hall–Kier alpha value is -3.27. The zero-order valence-corrected chi connectivity index (χ0v) is 20.4. The van der Waals surface area contributed by atoms with Crippen molar-refractivity contribution in [2.75, 3.05) is 5.73 Å². The summed E-state index contributed by atoms with van der Waals surface area (Å²) in [6.45, 7) is 3.55. The van der Waals surface area contributed by atoms with Crippen molar-refractivity contribution in [1.29, 1.82) is 0 Å². The molecular weight excluding hydrogens is 462 g/mol. The van der Waals surface area contributed by atoms with Crippen LogP contribution in [0.2, 0.25) is 0 Å². The Balaban J connectivity index is 1.48. The Bertz CT molecular complexity index is 1540. The number of pyridine rings is 2. The highest BCUT2D eigenvalue weighted by molar-refractivity contribution is 7.19. The molecule has 5 aromatic rings. The van der Waals surface area contributed by atoms with Crippen molar-refractivity contribution in [3.8, 4) is 22.5 Å². The number of aliphatic hydroxyl groups excluding tert-OH is 1. The van der Waals surface area contributed by atoms with Crippen LogP contribution in [-0.4, -0.2) is 36.1 Å². The third-order valence-electron chi connectivity index (χ3n) is 6.84. The number of nitrogen functional groups attached to an aromatic ring is 1.